The minimum absolute atomic E-state index is 0.00933. The van der Waals surface area contributed by atoms with Crippen LogP contribution >= 0.6 is 11.6 Å². The maximum absolute atomic E-state index is 14.0. The van der Waals surface area contributed by atoms with Gasteiger partial charge in [0.2, 0.25) is 0 Å². The summed E-state index contributed by atoms with van der Waals surface area (Å²) in [5, 5.41) is 10.4. The second kappa shape index (κ2) is 10.3. The zero-order valence-electron chi connectivity index (χ0n) is 20.6. The highest BCUT2D eigenvalue weighted by atomic mass is 35.5. The Bertz CT molecular complexity index is 1300. The number of ether oxygens (including phenoxy) is 2. The summed E-state index contributed by atoms with van der Waals surface area (Å²) in [7, 11) is 1.60. The maximum Gasteiger partial charge on any atom is 0.162 e. The first kappa shape index (κ1) is 25.7. The lowest BCUT2D eigenvalue weighted by atomic mass is 9.68. The second-order valence-corrected chi connectivity index (χ2v) is 10.3. The summed E-state index contributed by atoms with van der Waals surface area (Å²) < 4.78 is 25.0. The van der Waals surface area contributed by atoms with Crippen molar-refractivity contribution >= 4 is 17.4 Å². The molecule has 2 aliphatic rings. The molecule has 1 aliphatic heterocycles. The number of hydrogen-bond acceptors (Lipinski definition) is 6. The summed E-state index contributed by atoms with van der Waals surface area (Å²) in [6.45, 7) is 4.96. The molecular formula is C28H29ClFN3O3. The number of ketones is 1. The SMILES string of the molecule is COCCN1C(N)=C(C#N)[C@@H](c2ccc(OCc3ccccc3F)c(Cl)c2)C2=C1CC(C)(C)CC2=O. The van der Waals surface area contributed by atoms with E-state index in [0.717, 1.165) is 5.70 Å². The third-order valence-electron chi connectivity index (χ3n) is 6.64. The highest BCUT2D eigenvalue weighted by Crippen LogP contribution is 2.49. The van der Waals surface area contributed by atoms with Crippen molar-refractivity contribution in [3.63, 3.8) is 0 Å². The van der Waals surface area contributed by atoms with E-state index in [4.69, 9.17) is 26.8 Å². The van der Waals surface area contributed by atoms with E-state index in [9.17, 15) is 14.4 Å². The molecule has 8 heteroatoms. The van der Waals surface area contributed by atoms with Crippen molar-refractivity contribution < 1.29 is 18.7 Å². The summed E-state index contributed by atoms with van der Waals surface area (Å²) in [4.78, 5) is 15.3. The van der Waals surface area contributed by atoms with Crippen LogP contribution in [0.1, 0.15) is 43.7 Å². The van der Waals surface area contributed by atoms with Gasteiger partial charge in [-0.25, -0.2) is 4.39 Å². The quantitative estimate of drug-likeness (QED) is 0.534. The number of nitrogens with zero attached hydrogens (tertiary/aromatic N) is 2. The Morgan fingerprint density at radius 2 is 2.00 bits per heavy atom. The molecule has 6 nitrogen and oxygen atoms in total. The van der Waals surface area contributed by atoms with Gasteiger partial charge in [0.05, 0.1) is 29.2 Å². The zero-order chi connectivity index (χ0) is 26.0. The average Bonchev–Trinajstić information content (AvgIpc) is 2.82. The summed E-state index contributed by atoms with van der Waals surface area (Å²) in [5.41, 5.74) is 9.07. The number of allylic oxidation sites excluding steroid dienone is 3. The molecule has 1 aliphatic carbocycles. The minimum Gasteiger partial charge on any atom is -0.487 e. The van der Waals surface area contributed by atoms with Gasteiger partial charge in [0.15, 0.2) is 5.78 Å². The van der Waals surface area contributed by atoms with Crippen LogP contribution in [0, 0.1) is 22.6 Å². The number of rotatable bonds is 7. The fraction of sp³-hybridized carbons (Fsp3) is 0.357. The van der Waals surface area contributed by atoms with Crippen LogP contribution in [0.25, 0.3) is 0 Å². The van der Waals surface area contributed by atoms with E-state index in [0.29, 0.717) is 64.9 Å². The monoisotopic (exact) mass is 509 g/mol. The topological polar surface area (TPSA) is 88.6 Å². The van der Waals surface area contributed by atoms with Gasteiger partial charge in [-0.15, -0.1) is 0 Å². The summed E-state index contributed by atoms with van der Waals surface area (Å²) in [6, 6.07) is 13.8. The highest BCUT2D eigenvalue weighted by Gasteiger charge is 2.44. The predicted molar refractivity (Wildman–Crippen MR) is 135 cm³/mol. The molecule has 36 heavy (non-hydrogen) atoms. The first-order valence-electron chi connectivity index (χ1n) is 11.7. The Morgan fingerprint density at radius 1 is 1.25 bits per heavy atom. The Balaban J connectivity index is 1.73. The van der Waals surface area contributed by atoms with Gasteiger partial charge in [-0.1, -0.05) is 49.7 Å². The molecule has 2 aromatic carbocycles. The lowest BCUT2D eigenvalue weighted by Crippen LogP contribution is -2.43. The average molecular weight is 510 g/mol. The maximum atomic E-state index is 14.0. The molecule has 0 amide bonds. The molecule has 188 valence electrons. The molecule has 2 N–H and O–H groups in total. The minimum atomic E-state index is -0.634. The van der Waals surface area contributed by atoms with Gasteiger partial charge < -0.3 is 20.1 Å². The van der Waals surface area contributed by atoms with Crippen molar-refractivity contribution in [1.29, 1.82) is 5.26 Å². The molecule has 0 spiro atoms. The Hall–Kier alpha value is -3.34. The van der Waals surface area contributed by atoms with Crippen molar-refractivity contribution in [2.75, 3.05) is 20.3 Å². The molecule has 1 atom stereocenters. The first-order chi connectivity index (χ1) is 17.2. The Labute approximate surface area is 215 Å². The van der Waals surface area contributed by atoms with Crippen LogP contribution < -0.4 is 10.5 Å². The predicted octanol–water partition coefficient (Wildman–Crippen LogP) is 5.44. The van der Waals surface area contributed by atoms with E-state index in [2.05, 4.69) is 19.9 Å². The molecule has 4 rings (SSSR count). The van der Waals surface area contributed by atoms with Gasteiger partial charge in [0.25, 0.3) is 0 Å². The molecular weight excluding hydrogens is 481 g/mol. The van der Waals surface area contributed by atoms with Crippen LogP contribution in [-0.4, -0.2) is 30.9 Å². The zero-order valence-corrected chi connectivity index (χ0v) is 21.4. The smallest absolute Gasteiger partial charge is 0.162 e. The van der Waals surface area contributed by atoms with Crippen LogP contribution in [0.3, 0.4) is 0 Å². The van der Waals surface area contributed by atoms with Gasteiger partial charge in [0.1, 0.15) is 24.0 Å². The van der Waals surface area contributed by atoms with E-state index < -0.39 is 5.92 Å². The number of carbonyl (C=O) groups excluding carboxylic acids is 1. The number of Topliss-reactive ketones (excluding diaryl/α,β-unsaturated/α-hetero) is 1. The van der Waals surface area contributed by atoms with E-state index >= 15 is 0 Å². The molecule has 1 heterocycles. The van der Waals surface area contributed by atoms with Crippen molar-refractivity contribution in [2.45, 2.75) is 39.2 Å². The lowest BCUT2D eigenvalue weighted by Gasteiger charge is -2.43. The third-order valence-corrected chi connectivity index (χ3v) is 6.93. The molecule has 0 bridgehead atoms. The van der Waals surface area contributed by atoms with Gasteiger partial charge in [-0.2, -0.15) is 5.26 Å². The van der Waals surface area contributed by atoms with E-state index in [1.165, 1.54) is 6.07 Å². The summed E-state index contributed by atoms with van der Waals surface area (Å²) in [6.07, 6.45) is 1.02. The number of carbonyl (C=O) groups is 1. The van der Waals surface area contributed by atoms with Crippen LogP contribution in [-0.2, 0) is 16.1 Å². The molecule has 0 aromatic heterocycles. The number of halogens is 2. The van der Waals surface area contributed by atoms with Gasteiger partial charge in [0, 0.05) is 36.9 Å². The molecule has 0 radical (unpaired) electrons. The van der Waals surface area contributed by atoms with E-state index in [-0.39, 0.29) is 23.6 Å². The fourth-order valence-electron chi connectivity index (χ4n) is 4.93. The van der Waals surface area contributed by atoms with Gasteiger partial charge in [-0.05, 0) is 35.6 Å². The van der Waals surface area contributed by atoms with Gasteiger partial charge >= 0.3 is 0 Å². The van der Waals surface area contributed by atoms with Crippen LogP contribution in [0.15, 0.2) is 65.1 Å². The number of nitriles is 1. The summed E-state index contributed by atoms with van der Waals surface area (Å²) in [5.74, 6) is -0.305. The molecule has 2 aromatic rings. The van der Waals surface area contributed by atoms with E-state index in [1.54, 1.807) is 43.5 Å². The number of nitrogens with two attached hydrogens (primary N) is 1. The van der Waals surface area contributed by atoms with Crippen LogP contribution in [0.4, 0.5) is 4.39 Å². The highest BCUT2D eigenvalue weighted by molar-refractivity contribution is 6.32. The van der Waals surface area contributed by atoms with Crippen molar-refractivity contribution in [1.82, 2.24) is 4.90 Å². The lowest BCUT2D eigenvalue weighted by molar-refractivity contribution is -0.118. The second-order valence-electron chi connectivity index (χ2n) is 9.86. The van der Waals surface area contributed by atoms with Gasteiger partial charge in [-0.3, -0.25) is 4.79 Å². The van der Waals surface area contributed by atoms with Crippen molar-refractivity contribution in [3.8, 4) is 11.8 Å². The van der Waals surface area contributed by atoms with Crippen molar-refractivity contribution in [2.24, 2.45) is 11.1 Å². The molecule has 0 saturated heterocycles. The van der Waals surface area contributed by atoms with Crippen molar-refractivity contribution in [3.05, 3.63) is 87.1 Å². The molecule has 0 fully saturated rings. The van der Waals surface area contributed by atoms with Crippen LogP contribution in [0.2, 0.25) is 5.02 Å². The first-order valence-corrected chi connectivity index (χ1v) is 12.1. The fourth-order valence-corrected chi connectivity index (χ4v) is 5.17. The number of benzene rings is 2. The molecule has 0 unspecified atom stereocenters. The number of hydrogen-bond donors (Lipinski definition) is 1. The van der Waals surface area contributed by atoms with E-state index in [1.807, 2.05) is 4.90 Å². The standard InChI is InChI=1S/C28H29ClFN3O3/c1-28(2)13-22-26(23(34)14-28)25(19(15-31)27(32)33(22)10-11-35-3)17-8-9-24(20(29)12-17)36-16-18-6-4-5-7-21(18)30/h4-9,12,25H,10-11,13-14,16,32H2,1-3H3/t25-/m1/s1. The largest absolute Gasteiger partial charge is 0.487 e. The number of methoxy groups -OCH3 is 1. The van der Waals surface area contributed by atoms with Crippen LogP contribution in [0.5, 0.6) is 5.75 Å². The Morgan fingerprint density at radius 3 is 2.67 bits per heavy atom. The Kier molecular flexibility index (Phi) is 7.39. The normalized spacial score (nSPS) is 19.3. The third kappa shape index (κ3) is 4.97. The summed E-state index contributed by atoms with van der Waals surface area (Å²) >= 11 is 6.56. The molecule has 0 saturated carbocycles.